The van der Waals surface area contributed by atoms with Crippen LogP contribution in [0.5, 0.6) is 0 Å². The third kappa shape index (κ3) is 6.09. The monoisotopic (exact) mass is 914 g/mol. The van der Waals surface area contributed by atoms with Crippen LogP contribution in [0.3, 0.4) is 0 Å². The summed E-state index contributed by atoms with van der Waals surface area (Å²) >= 11 is 0. The molecule has 15 rings (SSSR count). The van der Waals surface area contributed by atoms with Crippen molar-refractivity contribution in [3.8, 4) is 66.8 Å². The molecule has 0 aromatic heterocycles. The van der Waals surface area contributed by atoms with Crippen LogP contribution in [0.1, 0.15) is 0 Å². The maximum Gasteiger partial charge on any atom is 0.421 e. The second-order valence-electron chi connectivity index (χ2n) is 19.2. The van der Waals surface area contributed by atoms with Crippen LogP contribution in [-0.2, 0) is 0 Å². The number of para-hydroxylation sites is 4. The first-order valence-electron chi connectivity index (χ1n) is 25.0. The summed E-state index contributed by atoms with van der Waals surface area (Å²) in [4.78, 5) is 10.6. The van der Waals surface area contributed by atoms with E-state index in [0.717, 1.165) is 28.3 Å². The van der Waals surface area contributed by atoms with Gasteiger partial charge in [-0.25, -0.2) is 0 Å². The first-order valence-corrected chi connectivity index (χ1v) is 25.0. The van der Waals surface area contributed by atoms with Gasteiger partial charge in [-0.15, -0.1) is 0 Å². The number of nitrogens with zero attached hydrogens (tertiary/aromatic N) is 4. The fourth-order valence-corrected chi connectivity index (χ4v) is 12.3. The van der Waals surface area contributed by atoms with Crippen molar-refractivity contribution in [3.05, 3.63) is 267 Å². The Hall–Kier alpha value is -9.25. The molecule has 72 heavy (non-hydrogen) atoms. The van der Waals surface area contributed by atoms with E-state index in [-0.39, 0.29) is 14.0 Å². The second-order valence-corrected chi connectivity index (χ2v) is 19.2. The van der Waals surface area contributed by atoms with Crippen molar-refractivity contribution >= 4 is 70.4 Å². The topological polar surface area (TPSA) is 13.0 Å². The minimum Gasteiger partial charge on any atom is -0.361 e. The first kappa shape index (κ1) is 40.6. The maximum atomic E-state index is 2.65. The van der Waals surface area contributed by atoms with Gasteiger partial charge in [0, 0.05) is 62.2 Å². The van der Waals surface area contributed by atoms with E-state index < -0.39 is 0 Å². The molecule has 0 atom stereocenters. The highest BCUT2D eigenvalue weighted by molar-refractivity contribution is 6.92. The van der Waals surface area contributed by atoms with Crippen molar-refractivity contribution in [2.75, 3.05) is 19.2 Å². The smallest absolute Gasteiger partial charge is 0.361 e. The molecule has 0 aliphatic carbocycles. The van der Waals surface area contributed by atoms with E-state index in [2.05, 4.69) is 286 Å². The van der Waals surface area contributed by atoms with Gasteiger partial charge in [-0.1, -0.05) is 188 Å². The zero-order valence-electron chi connectivity index (χ0n) is 39.3. The second kappa shape index (κ2) is 16.2. The highest BCUT2D eigenvalue weighted by Gasteiger charge is 2.55. The molecular weight excluding hydrogens is 870 g/mol. The van der Waals surface area contributed by atoms with Gasteiger partial charge in [0.05, 0.1) is 0 Å². The van der Waals surface area contributed by atoms with Crippen molar-refractivity contribution in [2.24, 2.45) is 0 Å². The van der Waals surface area contributed by atoms with Gasteiger partial charge >= 0.3 is 14.0 Å². The third-order valence-electron chi connectivity index (χ3n) is 15.3. The minimum atomic E-state index is -0.272. The minimum absolute atomic E-state index is 0.272. The molecule has 11 aromatic rings. The van der Waals surface area contributed by atoms with Crippen LogP contribution < -0.4 is 30.2 Å². The van der Waals surface area contributed by atoms with Crippen LogP contribution >= 0.6 is 0 Å². The van der Waals surface area contributed by atoms with Crippen molar-refractivity contribution in [1.29, 1.82) is 0 Å². The van der Waals surface area contributed by atoms with Gasteiger partial charge in [0.2, 0.25) is 0 Å². The number of hydrogen-bond donors (Lipinski definition) is 0. The fraction of sp³-hybridized carbons (Fsp3) is 0. The molecule has 4 aliphatic rings. The summed E-state index contributed by atoms with van der Waals surface area (Å²) in [6.45, 7) is -0.545. The Labute approximate surface area is 421 Å². The lowest BCUT2D eigenvalue weighted by molar-refractivity contribution is 1.23. The van der Waals surface area contributed by atoms with Crippen LogP contribution in [0.15, 0.2) is 267 Å². The highest BCUT2D eigenvalue weighted by atomic mass is 15.3. The fourth-order valence-electron chi connectivity index (χ4n) is 12.3. The molecule has 4 heterocycles. The van der Waals surface area contributed by atoms with Crippen molar-refractivity contribution in [1.82, 2.24) is 0 Å². The average Bonchev–Trinajstić information content (AvgIpc) is 3.47. The number of hydrogen-bond acceptors (Lipinski definition) is 4. The first-order chi connectivity index (χ1) is 35.8. The third-order valence-corrected chi connectivity index (χ3v) is 15.3. The summed E-state index contributed by atoms with van der Waals surface area (Å²) in [7, 11) is 0. The van der Waals surface area contributed by atoms with Gasteiger partial charge in [-0.05, 0) is 140 Å². The number of fused-ring (bicyclic) bond motifs is 4. The molecule has 0 radical (unpaired) electrons. The molecule has 0 amide bonds. The lowest BCUT2D eigenvalue weighted by atomic mass is 9.45. The molecule has 0 unspecified atom stereocenters. The normalized spacial score (nSPS) is 13.4. The number of anilines is 8. The predicted molar refractivity (Wildman–Crippen MR) is 304 cm³/mol. The van der Waals surface area contributed by atoms with Crippen LogP contribution in [0.2, 0.25) is 0 Å². The van der Waals surface area contributed by atoms with Crippen LogP contribution in [0.4, 0.5) is 45.5 Å². The summed E-state index contributed by atoms with van der Waals surface area (Å²) in [5, 5.41) is 0. The Morgan fingerprint density at radius 3 is 0.847 bits per heavy atom. The molecule has 6 heteroatoms. The molecular formula is C66H44B2N4. The molecule has 4 nitrogen and oxygen atoms in total. The molecule has 0 saturated carbocycles. The van der Waals surface area contributed by atoms with Gasteiger partial charge in [0.15, 0.2) is 0 Å². The van der Waals surface area contributed by atoms with E-state index in [1.165, 1.54) is 94.9 Å². The Kier molecular flexibility index (Phi) is 9.12. The summed E-state index contributed by atoms with van der Waals surface area (Å²) in [6.07, 6.45) is 0. The van der Waals surface area contributed by atoms with Crippen LogP contribution in [0.25, 0.3) is 66.8 Å². The summed E-state index contributed by atoms with van der Waals surface area (Å²) in [5.41, 5.74) is 26.5. The summed E-state index contributed by atoms with van der Waals surface area (Å²) in [6, 6.07) is 98.8. The Bertz CT molecular complexity index is 3650. The Morgan fingerprint density at radius 1 is 0.208 bits per heavy atom. The van der Waals surface area contributed by atoms with E-state index in [1.807, 2.05) is 0 Å². The summed E-state index contributed by atoms with van der Waals surface area (Å²) in [5.74, 6) is 0. The van der Waals surface area contributed by atoms with E-state index in [4.69, 9.17) is 0 Å². The molecule has 0 bridgehead atoms. The zero-order valence-corrected chi connectivity index (χ0v) is 39.3. The van der Waals surface area contributed by atoms with Crippen LogP contribution in [-0.4, -0.2) is 14.0 Å². The molecule has 0 fully saturated rings. The van der Waals surface area contributed by atoms with Gasteiger partial charge in [-0.2, -0.15) is 0 Å². The van der Waals surface area contributed by atoms with E-state index in [0.29, 0.717) is 0 Å². The molecule has 334 valence electrons. The summed E-state index contributed by atoms with van der Waals surface area (Å²) < 4.78 is 0. The van der Waals surface area contributed by atoms with Crippen molar-refractivity contribution in [2.45, 2.75) is 0 Å². The molecule has 4 aliphatic heterocycles. The van der Waals surface area contributed by atoms with Crippen LogP contribution in [0, 0.1) is 0 Å². The van der Waals surface area contributed by atoms with E-state index in [1.54, 1.807) is 0 Å². The van der Waals surface area contributed by atoms with Gasteiger partial charge in [-0.3, -0.25) is 0 Å². The predicted octanol–water partition coefficient (Wildman–Crippen LogP) is 15.7. The SMILES string of the molecule is c1ccc(-c2ccc3c(c2)N(c2ccccc2)B2c4c-3cc3c5c4-c4c(cc(-c6ccccc6)cc4N(c4ccccc4)B5N(c4ccccc4)c4cc(-c5ccccc5)ccc4-3)N2c2ccccc2)cc1. The van der Waals surface area contributed by atoms with Crippen molar-refractivity contribution < 1.29 is 0 Å². The number of rotatable bonds is 7. The van der Waals surface area contributed by atoms with E-state index in [9.17, 15) is 0 Å². The van der Waals surface area contributed by atoms with Crippen molar-refractivity contribution in [3.63, 3.8) is 0 Å². The molecule has 0 saturated heterocycles. The Balaban J connectivity index is 1.14. The lowest BCUT2D eigenvalue weighted by Crippen LogP contribution is -2.68. The van der Waals surface area contributed by atoms with Gasteiger partial charge < -0.3 is 19.2 Å². The average molecular weight is 915 g/mol. The molecule has 0 spiro atoms. The zero-order chi connectivity index (χ0) is 47.3. The largest absolute Gasteiger partial charge is 0.421 e. The molecule has 11 aromatic carbocycles. The number of benzene rings is 11. The highest BCUT2D eigenvalue weighted by Crippen LogP contribution is 2.58. The lowest BCUT2D eigenvalue weighted by Gasteiger charge is -2.54. The standard InChI is InChI=1S/C66H44B2N4/c1-8-22-45(23-9-1)48-36-38-55-57-44-58-56-39-37-49(46-24-10-2-11-25-46)41-60(56)70(52-30-16-5-17-31-52)68-66(58)64-63-61(42-50(47-26-12-3-13-27-47)43-62(63)72(68)54-34-20-7-21-35-54)71(53-32-18-6-19-33-53)67(65(57)64)69(59(55)40-48)51-28-14-4-15-29-51/h1-44H. The van der Waals surface area contributed by atoms with Gasteiger partial charge in [0.25, 0.3) is 0 Å². The van der Waals surface area contributed by atoms with Gasteiger partial charge in [0.1, 0.15) is 0 Å². The maximum absolute atomic E-state index is 2.65. The molecule has 0 N–H and O–H groups in total. The quantitative estimate of drug-likeness (QED) is 0.148. The Morgan fingerprint density at radius 2 is 0.500 bits per heavy atom. The van der Waals surface area contributed by atoms with E-state index >= 15 is 0 Å².